The molecule has 1 aromatic heterocycles. The second kappa shape index (κ2) is 7.44. The van der Waals surface area contributed by atoms with E-state index in [9.17, 15) is 14.4 Å². The largest absolute Gasteiger partial charge is 0.426 e. The van der Waals surface area contributed by atoms with Crippen LogP contribution in [0.4, 0.5) is 0 Å². The second-order valence-corrected chi connectivity index (χ2v) is 7.22. The molecule has 1 heterocycles. The highest BCUT2D eigenvalue weighted by atomic mass is 79.9. The van der Waals surface area contributed by atoms with E-state index >= 15 is 0 Å². The van der Waals surface area contributed by atoms with Crippen molar-refractivity contribution in [2.24, 2.45) is 0 Å². The van der Waals surface area contributed by atoms with Gasteiger partial charge in [-0.25, -0.2) is 4.79 Å². The molecule has 1 N–H and O–H groups in total. The Morgan fingerprint density at radius 3 is 2.61 bits per heavy atom. The third-order valence-electron chi connectivity index (χ3n) is 4.45. The van der Waals surface area contributed by atoms with E-state index in [1.54, 1.807) is 36.4 Å². The van der Waals surface area contributed by atoms with Gasteiger partial charge in [-0.2, -0.15) is 0 Å². The van der Waals surface area contributed by atoms with Gasteiger partial charge in [-0.15, -0.1) is 0 Å². The molecule has 28 heavy (non-hydrogen) atoms. The quantitative estimate of drug-likeness (QED) is 0.389. The number of H-pyrrole nitrogens is 1. The van der Waals surface area contributed by atoms with E-state index in [0.29, 0.717) is 16.7 Å². The van der Waals surface area contributed by atoms with Gasteiger partial charge in [0, 0.05) is 11.0 Å². The van der Waals surface area contributed by atoms with Crippen LogP contribution in [0.15, 0.2) is 74.7 Å². The van der Waals surface area contributed by atoms with Crippen molar-refractivity contribution >= 4 is 43.6 Å². The third kappa shape index (κ3) is 3.61. The van der Waals surface area contributed by atoms with E-state index in [1.807, 2.05) is 24.3 Å². The van der Waals surface area contributed by atoms with Crippen LogP contribution in [0.2, 0.25) is 0 Å². The molecule has 3 aromatic carbocycles. The number of nitrogens with one attached hydrogen (secondary N) is 1. The maximum absolute atomic E-state index is 12.3. The average Bonchev–Trinajstić information content (AvgIpc) is 2.68. The molecule has 0 saturated heterocycles. The van der Waals surface area contributed by atoms with Crippen LogP contribution in [-0.2, 0) is 11.3 Å². The lowest BCUT2D eigenvalue weighted by Gasteiger charge is -2.10. The Morgan fingerprint density at radius 1 is 1.00 bits per heavy atom. The van der Waals surface area contributed by atoms with Gasteiger partial charge in [0.1, 0.15) is 5.75 Å². The van der Waals surface area contributed by atoms with Crippen LogP contribution in [0.1, 0.15) is 6.42 Å². The molecule has 0 bridgehead atoms. The van der Waals surface area contributed by atoms with Gasteiger partial charge in [-0.1, -0.05) is 40.2 Å². The summed E-state index contributed by atoms with van der Waals surface area (Å²) in [4.78, 5) is 38.6. The number of ether oxygens (including phenoxy) is 1. The summed E-state index contributed by atoms with van der Waals surface area (Å²) in [6.45, 7) is 0.107. The molecule has 4 aromatic rings. The Balaban J connectivity index is 1.52. The lowest BCUT2D eigenvalue weighted by Crippen LogP contribution is -2.31. The number of rotatable bonds is 4. The number of fused-ring (bicyclic) bond motifs is 2. The molecule has 0 radical (unpaired) electrons. The highest BCUT2D eigenvalue weighted by molar-refractivity contribution is 9.10. The summed E-state index contributed by atoms with van der Waals surface area (Å²) in [6, 6.07) is 18.0. The van der Waals surface area contributed by atoms with Crippen molar-refractivity contribution in [1.82, 2.24) is 9.55 Å². The van der Waals surface area contributed by atoms with Crippen LogP contribution in [-0.4, -0.2) is 15.5 Å². The maximum Gasteiger partial charge on any atom is 0.328 e. The topological polar surface area (TPSA) is 81.2 Å². The van der Waals surface area contributed by atoms with Crippen molar-refractivity contribution in [3.63, 3.8) is 0 Å². The lowest BCUT2D eigenvalue weighted by atomic mass is 10.1. The zero-order valence-electron chi connectivity index (χ0n) is 14.6. The van der Waals surface area contributed by atoms with Crippen LogP contribution >= 0.6 is 15.9 Å². The molecule has 0 saturated carbocycles. The number of aromatic amines is 1. The first kappa shape index (κ1) is 18.2. The Labute approximate surface area is 167 Å². The predicted molar refractivity (Wildman–Crippen MR) is 111 cm³/mol. The van der Waals surface area contributed by atoms with Gasteiger partial charge in [0.25, 0.3) is 5.56 Å². The number of aryl methyl sites for hydroxylation is 1. The number of carbonyl (C=O) groups excluding carboxylic acids is 1. The Morgan fingerprint density at radius 2 is 1.75 bits per heavy atom. The highest BCUT2D eigenvalue weighted by Crippen LogP contribution is 2.24. The van der Waals surface area contributed by atoms with Crippen molar-refractivity contribution in [3.8, 4) is 5.75 Å². The van der Waals surface area contributed by atoms with Gasteiger partial charge in [0.05, 0.1) is 17.3 Å². The zero-order chi connectivity index (χ0) is 19.7. The first-order valence-corrected chi connectivity index (χ1v) is 9.42. The van der Waals surface area contributed by atoms with Gasteiger partial charge < -0.3 is 4.74 Å². The summed E-state index contributed by atoms with van der Waals surface area (Å²) in [7, 11) is 0. The molecule has 0 amide bonds. The molecule has 0 aliphatic heterocycles. The molecule has 0 fully saturated rings. The van der Waals surface area contributed by atoms with Gasteiger partial charge in [-0.05, 0) is 47.2 Å². The number of aromatic nitrogens is 2. The number of carbonyl (C=O) groups is 1. The van der Waals surface area contributed by atoms with Crippen LogP contribution in [0.5, 0.6) is 5.75 Å². The summed E-state index contributed by atoms with van der Waals surface area (Å²) in [6.07, 6.45) is -0.00564. The van der Waals surface area contributed by atoms with E-state index in [0.717, 1.165) is 15.2 Å². The monoisotopic (exact) mass is 438 g/mol. The summed E-state index contributed by atoms with van der Waals surface area (Å²) >= 11 is 3.43. The number of nitrogens with zero attached hydrogens (tertiary/aromatic N) is 1. The van der Waals surface area contributed by atoms with Crippen LogP contribution < -0.4 is 16.0 Å². The fourth-order valence-electron chi connectivity index (χ4n) is 3.11. The number of halogens is 1. The molecular formula is C21H15BrN2O4. The van der Waals surface area contributed by atoms with Gasteiger partial charge >= 0.3 is 11.7 Å². The molecular weight excluding hydrogens is 424 g/mol. The van der Waals surface area contributed by atoms with Crippen molar-refractivity contribution < 1.29 is 9.53 Å². The number of para-hydroxylation sites is 1. The maximum atomic E-state index is 12.3. The van der Waals surface area contributed by atoms with Crippen molar-refractivity contribution in [3.05, 3.63) is 86.0 Å². The number of hydrogen-bond donors (Lipinski definition) is 1. The number of esters is 1. The fourth-order valence-corrected chi connectivity index (χ4v) is 3.49. The van der Waals surface area contributed by atoms with Crippen LogP contribution in [0, 0.1) is 0 Å². The van der Waals surface area contributed by atoms with Gasteiger partial charge in [-0.3, -0.25) is 19.1 Å². The molecule has 7 heteroatoms. The molecule has 0 unspecified atom stereocenters. The van der Waals surface area contributed by atoms with E-state index in [2.05, 4.69) is 20.9 Å². The zero-order valence-corrected chi connectivity index (χ0v) is 16.2. The Hall–Kier alpha value is -3.19. The number of hydrogen-bond acceptors (Lipinski definition) is 4. The highest BCUT2D eigenvalue weighted by Gasteiger charge is 2.11. The minimum absolute atomic E-state index is 0.00564. The van der Waals surface area contributed by atoms with Gasteiger partial charge in [0.15, 0.2) is 0 Å². The number of benzene rings is 3. The van der Waals surface area contributed by atoms with Crippen molar-refractivity contribution in [2.75, 3.05) is 0 Å². The molecule has 4 rings (SSSR count). The fraction of sp³-hybridized carbons (Fsp3) is 0.0952. The normalized spacial score (nSPS) is 11.0. The second-order valence-electron chi connectivity index (χ2n) is 6.31. The van der Waals surface area contributed by atoms with Crippen LogP contribution in [0.3, 0.4) is 0 Å². The van der Waals surface area contributed by atoms with Crippen LogP contribution in [0.25, 0.3) is 21.7 Å². The molecule has 0 aliphatic rings. The van der Waals surface area contributed by atoms with Gasteiger partial charge in [0.2, 0.25) is 0 Å². The molecule has 140 valence electrons. The standard InChI is InChI=1S/C21H15BrN2O4/c22-15-7-5-14-12-16(8-6-13(14)11-15)28-19(25)9-10-24-18-4-2-1-3-17(18)20(26)23-21(24)27/h1-8,11-12H,9-10H2,(H,23,26,27). The van der Waals surface area contributed by atoms with E-state index in [-0.39, 0.29) is 13.0 Å². The summed E-state index contributed by atoms with van der Waals surface area (Å²) in [5.41, 5.74) is -0.504. The Kier molecular flexibility index (Phi) is 4.83. The van der Waals surface area contributed by atoms with Crippen molar-refractivity contribution in [1.29, 1.82) is 0 Å². The third-order valence-corrected chi connectivity index (χ3v) is 4.94. The SMILES string of the molecule is O=C(CCn1c(=O)[nH]c(=O)c2ccccc21)Oc1ccc2cc(Br)ccc2c1. The summed E-state index contributed by atoms with van der Waals surface area (Å²) < 4.78 is 7.76. The van der Waals surface area contributed by atoms with E-state index in [4.69, 9.17) is 4.74 Å². The first-order chi connectivity index (χ1) is 13.5. The summed E-state index contributed by atoms with van der Waals surface area (Å²) in [5.74, 6) is -0.0165. The molecule has 0 spiro atoms. The van der Waals surface area contributed by atoms with E-state index in [1.165, 1.54) is 4.57 Å². The lowest BCUT2D eigenvalue weighted by molar-refractivity contribution is -0.134. The average molecular weight is 439 g/mol. The predicted octanol–water partition coefficient (Wildman–Crippen LogP) is 3.60. The smallest absolute Gasteiger partial charge is 0.328 e. The summed E-state index contributed by atoms with van der Waals surface area (Å²) in [5, 5.41) is 2.38. The minimum atomic E-state index is -0.548. The Bertz CT molecular complexity index is 1320. The minimum Gasteiger partial charge on any atom is -0.426 e. The molecule has 0 atom stereocenters. The first-order valence-electron chi connectivity index (χ1n) is 8.63. The van der Waals surface area contributed by atoms with E-state index < -0.39 is 17.2 Å². The van der Waals surface area contributed by atoms with Crippen molar-refractivity contribution in [2.45, 2.75) is 13.0 Å². The molecule has 0 aliphatic carbocycles. The molecule has 6 nitrogen and oxygen atoms in total.